The number of hydrogen-bond acceptors (Lipinski definition) is 3. The highest BCUT2D eigenvalue weighted by Crippen LogP contribution is 2.52. The lowest BCUT2D eigenvalue weighted by Crippen LogP contribution is -2.26. The molecule has 0 bridgehead atoms. The van der Waals surface area contributed by atoms with Gasteiger partial charge >= 0.3 is 0 Å². The first-order valence-electron chi connectivity index (χ1n) is 9.20. The molecule has 134 valence electrons. The number of ether oxygens (including phenoxy) is 1. The standard InChI is InChI=1S/C21H22BrN3O/c1-24-20-9-14(22)7-8-19(20)23-21(24)12-25-10-16-17(11-25)18(16)13-26-15-5-3-2-4-6-15/h2-9,16-18H,10-13H2,1H3/t16-,17+,18-. The zero-order valence-corrected chi connectivity index (χ0v) is 16.4. The second kappa shape index (κ2) is 6.39. The molecule has 0 unspecified atom stereocenters. The Hall–Kier alpha value is -1.85. The van der Waals surface area contributed by atoms with E-state index in [0.717, 1.165) is 52.5 Å². The maximum atomic E-state index is 5.95. The van der Waals surface area contributed by atoms with E-state index >= 15 is 0 Å². The summed E-state index contributed by atoms with van der Waals surface area (Å²) in [5, 5.41) is 0. The number of likely N-dealkylation sites (tertiary alicyclic amines) is 1. The molecule has 2 heterocycles. The highest BCUT2D eigenvalue weighted by Gasteiger charge is 2.55. The maximum absolute atomic E-state index is 5.95. The Morgan fingerprint density at radius 2 is 1.88 bits per heavy atom. The predicted molar refractivity (Wildman–Crippen MR) is 106 cm³/mol. The molecule has 3 atom stereocenters. The number of fused-ring (bicyclic) bond motifs is 2. The molecule has 5 heteroatoms. The van der Waals surface area contributed by atoms with Crippen LogP contribution in [0.4, 0.5) is 0 Å². The van der Waals surface area contributed by atoms with E-state index in [2.05, 4.69) is 50.6 Å². The Morgan fingerprint density at radius 1 is 1.12 bits per heavy atom. The zero-order valence-electron chi connectivity index (χ0n) is 14.8. The fraction of sp³-hybridized carbons (Fsp3) is 0.381. The van der Waals surface area contributed by atoms with Gasteiger partial charge < -0.3 is 9.30 Å². The van der Waals surface area contributed by atoms with Crippen LogP contribution in [-0.4, -0.2) is 34.1 Å². The van der Waals surface area contributed by atoms with Gasteiger partial charge in [-0.3, -0.25) is 4.90 Å². The summed E-state index contributed by atoms with van der Waals surface area (Å²) in [7, 11) is 2.12. The summed E-state index contributed by atoms with van der Waals surface area (Å²) in [4.78, 5) is 7.37. The number of nitrogens with zero attached hydrogens (tertiary/aromatic N) is 3. The summed E-state index contributed by atoms with van der Waals surface area (Å²) in [6.45, 7) is 4.12. The van der Waals surface area contributed by atoms with Gasteiger partial charge in [-0.15, -0.1) is 0 Å². The summed E-state index contributed by atoms with van der Waals surface area (Å²) in [5.74, 6) is 4.45. The molecule has 3 aromatic rings. The molecule has 1 aromatic heterocycles. The summed E-state index contributed by atoms with van der Waals surface area (Å²) < 4.78 is 9.27. The van der Waals surface area contributed by atoms with Crippen LogP contribution in [0.3, 0.4) is 0 Å². The van der Waals surface area contributed by atoms with E-state index in [1.54, 1.807) is 0 Å². The fourth-order valence-corrected chi connectivity index (χ4v) is 4.73. The number of hydrogen-bond donors (Lipinski definition) is 0. The number of benzene rings is 2. The number of rotatable bonds is 5. The van der Waals surface area contributed by atoms with Crippen molar-refractivity contribution in [1.82, 2.24) is 14.5 Å². The molecular weight excluding hydrogens is 390 g/mol. The predicted octanol–water partition coefficient (Wildman–Crippen LogP) is 4.09. The number of aryl methyl sites for hydroxylation is 1. The topological polar surface area (TPSA) is 30.3 Å². The normalized spacial score (nSPS) is 24.8. The van der Waals surface area contributed by atoms with Crippen LogP contribution < -0.4 is 4.74 Å². The van der Waals surface area contributed by atoms with Crippen molar-refractivity contribution in [2.75, 3.05) is 19.7 Å². The van der Waals surface area contributed by atoms with Gasteiger partial charge in [0.15, 0.2) is 0 Å². The average Bonchev–Trinajstić information content (AvgIpc) is 2.97. The minimum atomic E-state index is 0.725. The van der Waals surface area contributed by atoms with Crippen LogP contribution in [-0.2, 0) is 13.6 Å². The molecule has 1 aliphatic heterocycles. The second-order valence-corrected chi connectivity index (χ2v) is 8.45. The molecule has 2 fully saturated rings. The maximum Gasteiger partial charge on any atom is 0.123 e. The molecule has 0 radical (unpaired) electrons. The van der Waals surface area contributed by atoms with Gasteiger partial charge in [0.1, 0.15) is 11.6 Å². The second-order valence-electron chi connectivity index (χ2n) is 7.53. The Bertz CT molecular complexity index is 927. The van der Waals surface area contributed by atoms with Crippen LogP contribution in [0.1, 0.15) is 5.82 Å². The molecule has 0 amide bonds. The third kappa shape index (κ3) is 2.93. The first kappa shape index (κ1) is 16.3. The van der Waals surface area contributed by atoms with E-state index in [1.165, 1.54) is 18.6 Å². The Balaban J connectivity index is 1.19. The Morgan fingerprint density at radius 3 is 2.65 bits per heavy atom. The van der Waals surface area contributed by atoms with Crippen LogP contribution in [0.15, 0.2) is 53.0 Å². The number of imidazole rings is 1. The molecule has 1 aliphatic carbocycles. The first-order chi connectivity index (χ1) is 12.7. The number of aromatic nitrogens is 2. The summed E-state index contributed by atoms with van der Waals surface area (Å²) >= 11 is 3.55. The monoisotopic (exact) mass is 411 g/mol. The van der Waals surface area contributed by atoms with Gasteiger partial charge in [0.2, 0.25) is 0 Å². The summed E-state index contributed by atoms with van der Waals surface area (Å²) in [6, 6.07) is 16.4. The number of piperidine rings is 1. The molecule has 2 aliphatic rings. The van der Waals surface area contributed by atoms with Crippen LogP contribution in [0, 0.1) is 17.8 Å². The average molecular weight is 412 g/mol. The lowest BCUT2D eigenvalue weighted by Gasteiger charge is -2.19. The molecule has 4 nitrogen and oxygen atoms in total. The minimum absolute atomic E-state index is 0.725. The highest BCUT2D eigenvalue weighted by molar-refractivity contribution is 9.10. The van der Waals surface area contributed by atoms with Crippen LogP contribution in [0.25, 0.3) is 11.0 Å². The van der Waals surface area contributed by atoms with Gasteiger partial charge in [-0.25, -0.2) is 4.98 Å². The lowest BCUT2D eigenvalue weighted by molar-refractivity contribution is 0.226. The molecule has 26 heavy (non-hydrogen) atoms. The van der Waals surface area contributed by atoms with Gasteiger partial charge in [-0.05, 0) is 42.2 Å². The lowest BCUT2D eigenvalue weighted by atomic mass is 10.2. The van der Waals surface area contributed by atoms with Crippen molar-refractivity contribution in [2.24, 2.45) is 24.8 Å². The van der Waals surface area contributed by atoms with Gasteiger partial charge in [-0.1, -0.05) is 34.1 Å². The third-order valence-corrected chi connectivity index (χ3v) is 6.43. The Labute approximate surface area is 161 Å². The van der Waals surface area contributed by atoms with E-state index in [4.69, 9.17) is 9.72 Å². The van der Waals surface area contributed by atoms with E-state index < -0.39 is 0 Å². The SMILES string of the molecule is Cn1c(CN2C[C@@H]3[C@H](COc4ccccc4)[C@@H]3C2)nc2ccc(Br)cc21. The van der Waals surface area contributed by atoms with Crippen LogP contribution in [0.2, 0.25) is 0 Å². The van der Waals surface area contributed by atoms with Crippen molar-refractivity contribution >= 4 is 27.0 Å². The van der Waals surface area contributed by atoms with Gasteiger partial charge in [0, 0.05) is 30.5 Å². The van der Waals surface area contributed by atoms with E-state index in [9.17, 15) is 0 Å². The highest BCUT2D eigenvalue weighted by atomic mass is 79.9. The fourth-order valence-electron chi connectivity index (χ4n) is 4.38. The van der Waals surface area contributed by atoms with Crippen LogP contribution >= 0.6 is 15.9 Å². The third-order valence-electron chi connectivity index (χ3n) is 5.93. The molecule has 1 saturated heterocycles. The van der Waals surface area contributed by atoms with Crippen molar-refractivity contribution in [3.05, 3.63) is 58.8 Å². The molecular formula is C21H22BrN3O. The van der Waals surface area contributed by atoms with Crippen molar-refractivity contribution < 1.29 is 4.74 Å². The van der Waals surface area contributed by atoms with Crippen molar-refractivity contribution in [2.45, 2.75) is 6.54 Å². The quantitative estimate of drug-likeness (QED) is 0.633. The zero-order chi connectivity index (χ0) is 17.7. The van der Waals surface area contributed by atoms with Crippen molar-refractivity contribution in [3.8, 4) is 5.75 Å². The summed E-state index contributed by atoms with van der Waals surface area (Å²) in [5.41, 5.74) is 2.26. The molecule has 5 rings (SSSR count). The van der Waals surface area contributed by atoms with Crippen LogP contribution in [0.5, 0.6) is 5.75 Å². The Kier molecular flexibility index (Phi) is 4.02. The first-order valence-corrected chi connectivity index (χ1v) is 9.99. The van der Waals surface area contributed by atoms with E-state index in [0.29, 0.717) is 0 Å². The minimum Gasteiger partial charge on any atom is -0.493 e. The van der Waals surface area contributed by atoms with Gasteiger partial charge in [0.25, 0.3) is 0 Å². The largest absolute Gasteiger partial charge is 0.493 e. The van der Waals surface area contributed by atoms with Crippen molar-refractivity contribution in [1.29, 1.82) is 0 Å². The summed E-state index contributed by atoms with van der Waals surface area (Å²) in [6.07, 6.45) is 0. The number of para-hydroxylation sites is 1. The van der Waals surface area contributed by atoms with Gasteiger partial charge in [-0.2, -0.15) is 0 Å². The van der Waals surface area contributed by atoms with Crippen molar-refractivity contribution in [3.63, 3.8) is 0 Å². The van der Waals surface area contributed by atoms with Gasteiger partial charge in [0.05, 0.1) is 24.2 Å². The molecule has 2 aromatic carbocycles. The molecule has 1 saturated carbocycles. The smallest absolute Gasteiger partial charge is 0.123 e. The number of halogens is 1. The molecule has 0 spiro atoms. The van der Waals surface area contributed by atoms with E-state index in [-0.39, 0.29) is 0 Å². The molecule has 0 N–H and O–H groups in total. The van der Waals surface area contributed by atoms with E-state index in [1.807, 2.05) is 30.3 Å².